The Morgan fingerprint density at radius 1 is 1.33 bits per heavy atom. The largest absolute Gasteiger partial charge is 0.352 e. The van der Waals surface area contributed by atoms with Gasteiger partial charge in [0.2, 0.25) is 5.91 Å². The summed E-state index contributed by atoms with van der Waals surface area (Å²) in [6, 6.07) is 1.94. The Labute approximate surface area is 125 Å². The van der Waals surface area contributed by atoms with Gasteiger partial charge in [0.15, 0.2) is 0 Å². The van der Waals surface area contributed by atoms with E-state index in [1.54, 1.807) is 0 Å². The normalized spacial score (nSPS) is 27.0. The SMILES string of the molecule is Cc1cc(C)c(CNC(=O)C[C@@H]2C[C@H]3CC[C@@H]2C3)c(=O)[nH]1. The molecule has 2 aliphatic rings. The van der Waals surface area contributed by atoms with Crippen LogP contribution in [0.1, 0.15) is 48.9 Å². The topological polar surface area (TPSA) is 62.0 Å². The number of amides is 1. The van der Waals surface area contributed by atoms with E-state index in [1.807, 2.05) is 19.9 Å². The van der Waals surface area contributed by atoms with Crippen LogP contribution in [0.15, 0.2) is 10.9 Å². The predicted molar refractivity (Wildman–Crippen MR) is 81.9 cm³/mol. The van der Waals surface area contributed by atoms with Crippen molar-refractivity contribution in [3.63, 3.8) is 0 Å². The second-order valence-corrected chi connectivity index (χ2v) is 6.86. The van der Waals surface area contributed by atoms with Crippen LogP contribution < -0.4 is 10.9 Å². The number of hydrogen-bond donors (Lipinski definition) is 2. The molecule has 2 aliphatic carbocycles. The summed E-state index contributed by atoms with van der Waals surface area (Å²) < 4.78 is 0. The monoisotopic (exact) mass is 288 g/mol. The van der Waals surface area contributed by atoms with E-state index >= 15 is 0 Å². The quantitative estimate of drug-likeness (QED) is 0.894. The maximum Gasteiger partial charge on any atom is 0.253 e. The molecule has 2 fully saturated rings. The molecule has 0 aliphatic heterocycles. The molecule has 2 bridgehead atoms. The molecule has 114 valence electrons. The van der Waals surface area contributed by atoms with E-state index in [0.29, 0.717) is 24.4 Å². The number of rotatable bonds is 4. The Kier molecular flexibility index (Phi) is 3.87. The van der Waals surface area contributed by atoms with Gasteiger partial charge in [0, 0.05) is 24.2 Å². The molecule has 3 atom stereocenters. The first-order chi connectivity index (χ1) is 10.0. The minimum atomic E-state index is -0.0901. The molecule has 1 amide bonds. The smallest absolute Gasteiger partial charge is 0.253 e. The van der Waals surface area contributed by atoms with Crippen molar-refractivity contribution in [2.45, 2.75) is 52.5 Å². The van der Waals surface area contributed by atoms with Crippen molar-refractivity contribution in [3.05, 3.63) is 33.2 Å². The highest BCUT2D eigenvalue weighted by Crippen LogP contribution is 2.49. The first kappa shape index (κ1) is 14.4. The minimum absolute atomic E-state index is 0.0897. The molecule has 0 aromatic carbocycles. The lowest BCUT2D eigenvalue weighted by Crippen LogP contribution is -2.30. The van der Waals surface area contributed by atoms with Crippen LogP contribution in [0.3, 0.4) is 0 Å². The molecule has 4 nitrogen and oxygen atoms in total. The summed E-state index contributed by atoms with van der Waals surface area (Å²) in [5.74, 6) is 2.30. The van der Waals surface area contributed by atoms with E-state index in [2.05, 4.69) is 10.3 Å². The number of carbonyl (C=O) groups is 1. The van der Waals surface area contributed by atoms with E-state index in [1.165, 1.54) is 25.7 Å². The Balaban J connectivity index is 1.56. The maximum absolute atomic E-state index is 12.1. The van der Waals surface area contributed by atoms with Crippen LogP contribution in [0, 0.1) is 31.6 Å². The Hall–Kier alpha value is -1.58. The van der Waals surface area contributed by atoms with E-state index < -0.39 is 0 Å². The molecule has 4 heteroatoms. The highest BCUT2D eigenvalue weighted by molar-refractivity contribution is 5.76. The van der Waals surface area contributed by atoms with Gasteiger partial charge in [0.1, 0.15) is 0 Å². The number of hydrogen-bond acceptors (Lipinski definition) is 2. The highest BCUT2D eigenvalue weighted by atomic mass is 16.1. The van der Waals surface area contributed by atoms with Gasteiger partial charge in [-0.2, -0.15) is 0 Å². The van der Waals surface area contributed by atoms with Crippen molar-refractivity contribution < 1.29 is 4.79 Å². The van der Waals surface area contributed by atoms with E-state index in [0.717, 1.165) is 23.1 Å². The van der Waals surface area contributed by atoms with Crippen molar-refractivity contribution in [1.82, 2.24) is 10.3 Å². The van der Waals surface area contributed by atoms with E-state index in [4.69, 9.17) is 0 Å². The Bertz CT molecular complexity index is 605. The molecule has 0 saturated heterocycles. The van der Waals surface area contributed by atoms with Gasteiger partial charge < -0.3 is 10.3 Å². The van der Waals surface area contributed by atoms with Gasteiger partial charge in [-0.15, -0.1) is 0 Å². The van der Waals surface area contributed by atoms with Gasteiger partial charge >= 0.3 is 0 Å². The Morgan fingerprint density at radius 3 is 2.76 bits per heavy atom. The van der Waals surface area contributed by atoms with Gasteiger partial charge in [-0.3, -0.25) is 9.59 Å². The van der Waals surface area contributed by atoms with Crippen molar-refractivity contribution in [2.75, 3.05) is 0 Å². The molecule has 1 aromatic heterocycles. The zero-order valence-electron chi connectivity index (χ0n) is 12.9. The lowest BCUT2D eigenvalue weighted by Gasteiger charge is -2.21. The zero-order chi connectivity index (χ0) is 15.0. The van der Waals surface area contributed by atoms with Gasteiger partial charge in [-0.25, -0.2) is 0 Å². The Morgan fingerprint density at radius 2 is 2.14 bits per heavy atom. The van der Waals surface area contributed by atoms with Crippen molar-refractivity contribution in [3.8, 4) is 0 Å². The average Bonchev–Trinajstić information content (AvgIpc) is 2.99. The number of pyridine rings is 1. The summed E-state index contributed by atoms with van der Waals surface area (Å²) in [6.07, 6.45) is 5.85. The average molecular weight is 288 g/mol. The number of aromatic amines is 1. The van der Waals surface area contributed by atoms with Crippen LogP contribution in [0.4, 0.5) is 0 Å². The van der Waals surface area contributed by atoms with Gasteiger partial charge in [-0.1, -0.05) is 6.42 Å². The first-order valence-corrected chi connectivity index (χ1v) is 7.99. The fourth-order valence-corrected chi connectivity index (χ4v) is 4.22. The van der Waals surface area contributed by atoms with Crippen LogP contribution in [0.25, 0.3) is 0 Å². The molecular weight excluding hydrogens is 264 g/mol. The second kappa shape index (κ2) is 5.66. The molecule has 1 aromatic rings. The lowest BCUT2D eigenvalue weighted by atomic mass is 9.86. The summed E-state index contributed by atoms with van der Waals surface area (Å²) >= 11 is 0. The summed E-state index contributed by atoms with van der Waals surface area (Å²) in [6.45, 7) is 4.12. The van der Waals surface area contributed by atoms with Crippen molar-refractivity contribution in [1.29, 1.82) is 0 Å². The van der Waals surface area contributed by atoms with Crippen LogP contribution >= 0.6 is 0 Å². The summed E-state index contributed by atoms with van der Waals surface area (Å²) in [4.78, 5) is 26.8. The molecule has 2 N–H and O–H groups in total. The summed E-state index contributed by atoms with van der Waals surface area (Å²) in [5.41, 5.74) is 2.38. The van der Waals surface area contributed by atoms with Crippen molar-refractivity contribution >= 4 is 5.91 Å². The molecule has 21 heavy (non-hydrogen) atoms. The first-order valence-electron chi connectivity index (χ1n) is 7.99. The van der Waals surface area contributed by atoms with Crippen LogP contribution in [0.5, 0.6) is 0 Å². The second-order valence-electron chi connectivity index (χ2n) is 6.86. The zero-order valence-corrected chi connectivity index (χ0v) is 12.9. The third kappa shape index (κ3) is 3.04. The molecule has 0 spiro atoms. The lowest BCUT2D eigenvalue weighted by molar-refractivity contribution is -0.122. The van der Waals surface area contributed by atoms with E-state index in [9.17, 15) is 9.59 Å². The number of aromatic nitrogens is 1. The number of H-pyrrole nitrogens is 1. The van der Waals surface area contributed by atoms with Gasteiger partial charge in [0.05, 0.1) is 0 Å². The fourth-order valence-electron chi connectivity index (χ4n) is 4.22. The van der Waals surface area contributed by atoms with E-state index in [-0.39, 0.29) is 11.5 Å². The molecule has 2 saturated carbocycles. The number of aryl methyl sites for hydroxylation is 2. The molecular formula is C17H24N2O2. The summed E-state index contributed by atoms with van der Waals surface area (Å²) in [5, 5.41) is 2.93. The van der Waals surface area contributed by atoms with Crippen LogP contribution in [-0.2, 0) is 11.3 Å². The number of nitrogens with one attached hydrogen (secondary N) is 2. The molecule has 0 radical (unpaired) electrons. The maximum atomic E-state index is 12.1. The molecule has 3 rings (SSSR count). The molecule has 0 unspecified atom stereocenters. The third-order valence-electron chi connectivity index (χ3n) is 5.29. The number of fused-ring (bicyclic) bond motifs is 2. The third-order valence-corrected chi connectivity index (χ3v) is 5.29. The van der Waals surface area contributed by atoms with Crippen molar-refractivity contribution in [2.24, 2.45) is 17.8 Å². The standard InChI is InChI=1S/C17H24N2O2/c1-10-5-11(2)19-17(21)15(10)9-18-16(20)8-14-7-12-3-4-13(14)6-12/h5,12-14H,3-4,6-9H2,1-2H3,(H,18,20)(H,19,21)/t12-,13+,14-/m0/s1. The highest BCUT2D eigenvalue weighted by Gasteiger charge is 2.40. The summed E-state index contributed by atoms with van der Waals surface area (Å²) in [7, 11) is 0. The van der Waals surface area contributed by atoms with Crippen LogP contribution in [-0.4, -0.2) is 10.9 Å². The predicted octanol–water partition coefficient (Wildman–Crippen LogP) is 2.43. The minimum Gasteiger partial charge on any atom is -0.352 e. The number of carbonyl (C=O) groups excluding carboxylic acids is 1. The van der Waals surface area contributed by atoms with Gasteiger partial charge in [-0.05, 0) is 62.5 Å². The fraction of sp³-hybridized carbons (Fsp3) is 0.647. The van der Waals surface area contributed by atoms with Crippen LogP contribution in [0.2, 0.25) is 0 Å². The van der Waals surface area contributed by atoms with Gasteiger partial charge in [0.25, 0.3) is 5.56 Å². The molecule has 1 heterocycles.